The molecule has 0 heterocycles. The molecule has 0 aromatic heterocycles. The molecule has 0 aromatic carbocycles. The fraction of sp³-hybridized carbons (Fsp3) is 0. The second-order valence-corrected chi connectivity index (χ2v) is 0. The molecule has 0 rings (SSSR count). The molecular formula is C2H2BrMg+. The van der Waals surface area contributed by atoms with E-state index in [1.54, 1.807) is 0 Å². The van der Waals surface area contributed by atoms with E-state index in [1.807, 2.05) is 0 Å². The quantitative estimate of drug-likeness (QED) is 0.240. The maximum Gasteiger partial charge on any atom is 2.00 e. The summed E-state index contributed by atoms with van der Waals surface area (Å²) in [6.45, 7) is 0. The molecule has 0 atom stereocenters. The Bertz CT molecular complexity index is 10.8. The first-order valence-corrected chi connectivity index (χ1v) is 0.333. The molecule has 2 heteroatoms. The summed E-state index contributed by atoms with van der Waals surface area (Å²) in [5.74, 6) is 0. The van der Waals surface area contributed by atoms with Gasteiger partial charge in [0.15, 0.2) is 0 Å². The third-order valence-corrected chi connectivity index (χ3v) is 0. The molecule has 0 N–H and O–H groups in total. The zero-order valence-electron chi connectivity index (χ0n) is 2.24. The van der Waals surface area contributed by atoms with Crippen LogP contribution in [0.2, 0.25) is 0 Å². The Balaban J connectivity index is -0.00000000500. The van der Waals surface area contributed by atoms with E-state index < -0.39 is 0 Å². The standard InChI is InChI=1S/C2H2.BrH.Mg/c1-2;;/h1-2H;1H;/q;;+2/p-1. The van der Waals surface area contributed by atoms with Crippen LogP contribution >= 0.6 is 0 Å². The minimum atomic E-state index is 0. The summed E-state index contributed by atoms with van der Waals surface area (Å²) in [4.78, 5) is 0. The van der Waals surface area contributed by atoms with Crippen LogP contribution in [0.25, 0.3) is 0 Å². The Morgan fingerprint density at radius 1 is 1.00 bits per heavy atom. The van der Waals surface area contributed by atoms with E-state index in [1.165, 1.54) is 0 Å². The first kappa shape index (κ1) is 21.3. The number of halogens is 1. The van der Waals surface area contributed by atoms with Crippen LogP contribution in [0, 0.1) is 12.8 Å². The van der Waals surface area contributed by atoms with Gasteiger partial charge >= 0.3 is 23.1 Å². The molecule has 0 fully saturated rings. The van der Waals surface area contributed by atoms with Crippen LogP contribution in [-0.2, 0) is 0 Å². The van der Waals surface area contributed by atoms with Gasteiger partial charge in [0.05, 0.1) is 0 Å². The van der Waals surface area contributed by atoms with E-state index in [9.17, 15) is 0 Å². The molecule has 4 heavy (non-hydrogen) atoms. The van der Waals surface area contributed by atoms with Crippen LogP contribution in [0.4, 0.5) is 0 Å². The van der Waals surface area contributed by atoms with Gasteiger partial charge in [0.25, 0.3) is 0 Å². The molecule has 0 aliphatic carbocycles. The van der Waals surface area contributed by atoms with Gasteiger partial charge in [0.2, 0.25) is 0 Å². The van der Waals surface area contributed by atoms with Crippen LogP contribution in [0.5, 0.6) is 0 Å². The van der Waals surface area contributed by atoms with Gasteiger partial charge in [-0.25, -0.2) is 0 Å². The molecule has 0 aliphatic heterocycles. The molecule has 0 spiro atoms. The Labute approximate surface area is 52.9 Å². The monoisotopic (exact) mass is 129 g/mol. The summed E-state index contributed by atoms with van der Waals surface area (Å²) in [5, 5.41) is 0. The fourth-order valence-corrected chi connectivity index (χ4v) is 0. The van der Waals surface area contributed by atoms with Gasteiger partial charge in [-0.2, -0.15) is 0 Å². The van der Waals surface area contributed by atoms with E-state index in [0.29, 0.717) is 0 Å². The van der Waals surface area contributed by atoms with E-state index >= 15 is 0 Å². The molecule has 0 radical (unpaired) electrons. The SMILES string of the molecule is C#C.[Br-].[Mg+2]. The van der Waals surface area contributed by atoms with Crippen molar-refractivity contribution in [1.82, 2.24) is 0 Å². The van der Waals surface area contributed by atoms with E-state index in [4.69, 9.17) is 0 Å². The summed E-state index contributed by atoms with van der Waals surface area (Å²) < 4.78 is 0. The number of terminal acetylenes is 1. The molecule has 0 nitrogen and oxygen atoms in total. The summed E-state index contributed by atoms with van der Waals surface area (Å²) in [6.07, 6.45) is 8.00. The molecular weight excluding hydrogens is 128 g/mol. The number of hydrogen-bond donors (Lipinski definition) is 0. The minimum Gasteiger partial charge on any atom is -1.00 e. The van der Waals surface area contributed by atoms with Crippen molar-refractivity contribution in [1.29, 1.82) is 0 Å². The molecule has 0 amide bonds. The molecule has 0 saturated heterocycles. The van der Waals surface area contributed by atoms with Gasteiger partial charge in [0, 0.05) is 0 Å². The number of hydrogen-bond acceptors (Lipinski definition) is 0. The normalized spacial score (nSPS) is 0.500. The topological polar surface area (TPSA) is 0 Å². The van der Waals surface area contributed by atoms with Gasteiger partial charge < -0.3 is 17.0 Å². The van der Waals surface area contributed by atoms with E-state index in [-0.39, 0.29) is 40.0 Å². The molecule has 18 valence electrons. The molecule has 0 unspecified atom stereocenters. The third-order valence-electron chi connectivity index (χ3n) is 0. The van der Waals surface area contributed by atoms with Crippen molar-refractivity contribution in [3.63, 3.8) is 0 Å². The second-order valence-electron chi connectivity index (χ2n) is 0. The molecule has 0 bridgehead atoms. The molecule has 0 saturated carbocycles. The number of rotatable bonds is 0. The van der Waals surface area contributed by atoms with Crippen molar-refractivity contribution in [2.24, 2.45) is 0 Å². The van der Waals surface area contributed by atoms with Crippen molar-refractivity contribution in [3.05, 3.63) is 0 Å². The van der Waals surface area contributed by atoms with Crippen molar-refractivity contribution in [2.75, 3.05) is 0 Å². The summed E-state index contributed by atoms with van der Waals surface area (Å²) in [6, 6.07) is 0. The Morgan fingerprint density at radius 2 is 1.00 bits per heavy atom. The van der Waals surface area contributed by atoms with Crippen LogP contribution in [-0.4, -0.2) is 23.1 Å². The van der Waals surface area contributed by atoms with E-state index in [2.05, 4.69) is 12.8 Å². The van der Waals surface area contributed by atoms with Crippen molar-refractivity contribution < 1.29 is 17.0 Å². The van der Waals surface area contributed by atoms with Gasteiger partial charge in [-0.15, -0.1) is 12.8 Å². The Kier molecular flexibility index (Phi) is 246. The average molecular weight is 130 g/mol. The zero-order valence-corrected chi connectivity index (χ0v) is 5.24. The first-order chi connectivity index (χ1) is 1.00. The third kappa shape index (κ3) is 14.1. The maximum absolute atomic E-state index is 4.00. The van der Waals surface area contributed by atoms with Gasteiger partial charge in [0.1, 0.15) is 0 Å². The summed E-state index contributed by atoms with van der Waals surface area (Å²) >= 11 is 0. The van der Waals surface area contributed by atoms with Crippen LogP contribution in [0.3, 0.4) is 0 Å². The largest absolute Gasteiger partial charge is 2.00 e. The van der Waals surface area contributed by atoms with Gasteiger partial charge in [-0.1, -0.05) is 0 Å². The molecule has 0 aliphatic rings. The van der Waals surface area contributed by atoms with Crippen molar-refractivity contribution in [3.8, 4) is 12.8 Å². The van der Waals surface area contributed by atoms with Crippen LogP contribution in [0.1, 0.15) is 0 Å². The predicted molar refractivity (Wildman–Crippen MR) is 15.6 cm³/mol. The summed E-state index contributed by atoms with van der Waals surface area (Å²) in [5.41, 5.74) is 0. The van der Waals surface area contributed by atoms with E-state index in [0.717, 1.165) is 0 Å². The zero-order chi connectivity index (χ0) is 2.00. The summed E-state index contributed by atoms with van der Waals surface area (Å²) in [7, 11) is 0. The maximum atomic E-state index is 4.00. The minimum absolute atomic E-state index is 0. The van der Waals surface area contributed by atoms with Crippen LogP contribution < -0.4 is 17.0 Å². The first-order valence-electron chi connectivity index (χ1n) is 0.333. The molecule has 0 aromatic rings. The van der Waals surface area contributed by atoms with Crippen molar-refractivity contribution >= 4 is 23.1 Å². The predicted octanol–water partition coefficient (Wildman–Crippen LogP) is -3.13. The van der Waals surface area contributed by atoms with Crippen LogP contribution in [0.15, 0.2) is 0 Å². The average Bonchev–Trinajstić information content (AvgIpc) is 1.00. The van der Waals surface area contributed by atoms with Crippen molar-refractivity contribution in [2.45, 2.75) is 0 Å². The smallest absolute Gasteiger partial charge is 1.00 e. The Hall–Kier alpha value is 0.806. The second kappa shape index (κ2) is 46.1. The van der Waals surface area contributed by atoms with Gasteiger partial charge in [-0.3, -0.25) is 0 Å². The fourth-order valence-electron chi connectivity index (χ4n) is 0. The van der Waals surface area contributed by atoms with Gasteiger partial charge in [-0.05, 0) is 0 Å². The Morgan fingerprint density at radius 3 is 1.00 bits per heavy atom.